The minimum Gasteiger partial charge on any atom is -0.335 e. The number of nitrogens with one attached hydrogen (secondary N) is 1. The maximum Gasteiger partial charge on any atom is 0.253 e. The molecule has 5 heteroatoms. The molecular weight excluding hydrogens is 410 g/mol. The van der Waals surface area contributed by atoms with Crippen LogP contribution in [0.15, 0.2) is 29.1 Å². The van der Waals surface area contributed by atoms with Crippen LogP contribution in [0.2, 0.25) is 0 Å². The lowest BCUT2D eigenvalue weighted by Gasteiger charge is -2.42. The zero-order chi connectivity index (χ0) is 22.8. The summed E-state index contributed by atoms with van der Waals surface area (Å²) in [6, 6.07) is 8.35. The Bertz CT molecular complexity index is 1030. The predicted octanol–water partition coefficient (Wildman–Crippen LogP) is 5.01. The van der Waals surface area contributed by atoms with Crippen LogP contribution in [0.1, 0.15) is 75.3 Å². The fraction of sp³-hybridized carbons (Fsp3) is 0.643. The number of aromatic nitrogens is 1. The number of hydrogen-bond donors (Lipinski definition) is 1. The molecule has 5 nitrogen and oxygen atoms in total. The van der Waals surface area contributed by atoms with Gasteiger partial charge in [-0.15, -0.1) is 0 Å². The molecule has 3 aliphatic rings. The van der Waals surface area contributed by atoms with Gasteiger partial charge in [0.1, 0.15) is 0 Å². The van der Waals surface area contributed by atoms with Crippen molar-refractivity contribution in [3.05, 3.63) is 45.7 Å². The molecule has 2 saturated carbocycles. The number of hydrogen-bond acceptors (Lipinski definition) is 3. The predicted molar refractivity (Wildman–Crippen MR) is 133 cm³/mol. The average Bonchev–Trinajstić information content (AvgIpc) is 2.81. The van der Waals surface area contributed by atoms with Crippen molar-refractivity contribution < 1.29 is 4.79 Å². The molecule has 2 aromatic rings. The fourth-order valence-corrected chi connectivity index (χ4v) is 6.10. The van der Waals surface area contributed by atoms with E-state index in [0.29, 0.717) is 12.1 Å². The molecule has 0 atom stereocenters. The number of nitrogens with zero attached hydrogens (tertiary/aromatic N) is 2. The van der Waals surface area contributed by atoms with Crippen molar-refractivity contribution in [2.45, 2.75) is 83.7 Å². The molecule has 1 saturated heterocycles. The zero-order valence-electron chi connectivity index (χ0n) is 20.2. The molecule has 1 N–H and O–H groups in total. The topological polar surface area (TPSA) is 56.4 Å². The molecule has 2 aliphatic carbocycles. The van der Waals surface area contributed by atoms with Gasteiger partial charge in [0.25, 0.3) is 5.56 Å². The number of benzene rings is 1. The summed E-state index contributed by atoms with van der Waals surface area (Å²) in [5.74, 6) is 1.31. The average molecular weight is 450 g/mol. The Morgan fingerprint density at radius 1 is 1.00 bits per heavy atom. The van der Waals surface area contributed by atoms with E-state index in [0.717, 1.165) is 68.4 Å². The van der Waals surface area contributed by atoms with E-state index in [-0.39, 0.29) is 23.4 Å². The van der Waals surface area contributed by atoms with Gasteiger partial charge in [-0.25, -0.2) is 0 Å². The van der Waals surface area contributed by atoms with Crippen LogP contribution in [-0.2, 0) is 11.3 Å². The molecule has 1 amide bonds. The van der Waals surface area contributed by atoms with Gasteiger partial charge in [-0.3, -0.25) is 9.59 Å². The van der Waals surface area contributed by atoms with Crippen molar-refractivity contribution in [1.29, 1.82) is 0 Å². The van der Waals surface area contributed by atoms with Crippen molar-refractivity contribution in [3.8, 4) is 0 Å². The summed E-state index contributed by atoms with van der Waals surface area (Å²) in [6.07, 6.45) is 11.8. The number of likely N-dealkylation sites (tertiary alicyclic amines) is 1. The van der Waals surface area contributed by atoms with Crippen molar-refractivity contribution in [2.75, 3.05) is 19.6 Å². The van der Waals surface area contributed by atoms with Gasteiger partial charge in [-0.1, -0.05) is 37.3 Å². The summed E-state index contributed by atoms with van der Waals surface area (Å²) in [6.45, 7) is 5.88. The van der Waals surface area contributed by atoms with Crippen molar-refractivity contribution >= 4 is 16.8 Å². The second-order valence-electron chi connectivity index (χ2n) is 10.8. The van der Waals surface area contributed by atoms with Crippen LogP contribution in [0.3, 0.4) is 0 Å². The van der Waals surface area contributed by atoms with Crippen molar-refractivity contribution in [2.24, 2.45) is 11.8 Å². The van der Waals surface area contributed by atoms with Crippen LogP contribution < -0.4 is 5.56 Å². The largest absolute Gasteiger partial charge is 0.335 e. The lowest BCUT2D eigenvalue weighted by molar-refractivity contribution is -0.140. The van der Waals surface area contributed by atoms with Gasteiger partial charge >= 0.3 is 0 Å². The Morgan fingerprint density at radius 2 is 1.76 bits per heavy atom. The fourth-order valence-electron chi connectivity index (χ4n) is 6.10. The molecular formula is C28H39N3O2. The molecule has 0 unspecified atom stereocenters. The highest BCUT2D eigenvalue weighted by atomic mass is 16.2. The van der Waals surface area contributed by atoms with Crippen LogP contribution >= 0.6 is 0 Å². The van der Waals surface area contributed by atoms with E-state index < -0.39 is 0 Å². The number of aryl methyl sites for hydroxylation is 1. The molecule has 5 rings (SSSR count). The summed E-state index contributed by atoms with van der Waals surface area (Å²) in [7, 11) is 0. The number of carbonyl (C=O) groups is 1. The number of piperidine rings is 1. The van der Waals surface area contributed by atoms with Crippen LogP contribution in [0.25, 0.3) is 10.9 Å². The second kappa shape index (κ2) is 10.0. The van der Waals surface area contributed by atoms with E-state index in [4.69, 9.17) is 0 Å². The highest BCUT2D eigenvalue weighted by Gasteiger charge is 2.34. The Balaban J connectivity index is 1.36. The molecule has 2 heterocycles. The molecule has 3 fully saturated rings. The van der Waals surface area contributed by atoms with E-state index in [2.05, 4.69) is 27.8 Å². The molecule has 0 spiro atoms. The number of aromatic amines is 1. The number of fused-ring (bicyclic) bond motifs is 1. The summed E-state index contributed by atoms with van der Waals surface area (Å²) in [4.78, 5) is 34.5. The quantitative estimate of drug-likeness (QED) is 0.674. The standard InChI is InChI=1S/C28H39N3O2/c1-20-10-11-26-23(16-20)17-24(27(32)29-26)19-31(28(33)22-8-3-2-4-9-22)25-12-14-30(15-13-25)18-21-6-5-7-21/h10-11,16-17,21-22,25H,2-9,12-15,18-19H2,1H3,(H,29,32). The number of rotatable bonds is 6. The minimum absolute atomic E-state index is 0.0600. The van der Waals surface area contributed by atoms with E-state index in [1.807, 2.05) is 18.2 Å². The monoisotopic (exact) mass is 449 g/mol. The highest BCUT2D eigenvalue weighted by molar-refractivity contribution is 5.81. The Kier molecular flexibility index (Phi) is 6.86. The number of carbonyl (C=O) groups excluding carboxylic acids is 1. The second-order valence-corrected chi connectivity index (χ2v) is 10.8. The third-order valence-corrected chi connectivity index (χ3v) is 8.39. The highest BCUT2D eigenvalue weighted by Crippen LogP contribution is 2.31. The summed E-state index contributed by atoms with van der Waals surface area (Å²) >= 11 is 0. The van der Waals surface area contributed by atoms with Gasteiger partial charge in [0, 0.05) is 42.7 Å². The van der Waals surface area contributed by atoms with Gasteiger partial charge in [0.2, 0.25) is 5.91 Å². The van der Waals surface area contributed by atoms with E-state index in [1.165, 1.54) is 37.8 Å². The first-order valence-electron chi connectivity index (χ1n) is 13.2. The van der Waals surface area contributed by atoms with E-state index in [9.17, 15) is 9.59 Å². The number of H-pyrrole nitrogens is 1. The Labute approximate surface area is 197 Å². The van der Waals surface area contributed by atoms with Gasteiger partial charge in [-0.05, 0) is 75.0 Å². The first-order chi connectivity index (χ1) is 16.1. The Hall–Kier alpha value is -2.14. The van der Waals surface area contributed by atoms with E-state index >= 15 is 0 Å². The molecule has 0 radical (unpaired) electrons. The molecule has 1 aromatic heterocycles. The first-order valence-corrected chi connectivity index (χ1v) is 13.2. The number of pyridine rings is 1. The van der Waals surface area contributed by atoms with E-state index in [1.54, 1.807) is 0 Å². The van der Waals surface area contributed by atoms with Crippen molar-refractivity contribution in [1.82, 2.24) is 14.8 Å². The molecule has 1 aliphatic heterocycles. The lowest BCUT2D eigenvalue weighted by atomic mass is 9.84. The molecule has 33 heavy (non-hydrogen) atoms. The Morgan fingerprint density at radius 3 is 2.45 bits per heavy atom. The zero-order valence-corrected chi connectivity index (χ0v) is 20.2. The lowest BCUT2D eigenvalue weighted by Crippen LogP contribution is -2.50. The first kappa shape index (κ1) is 22.6. The third-order valence-electron chi connectivity index (χ3n) is 8.39. The van der Waals surface area contributed by atoms with Gasteiger partial charge < -0.3 is 14.8 Å². The molecule has 178 valence electrons. The van der Waals surface area contributed by atoms with Crippen molar-refractivity contribution in [3.63, 3.8) is 0 Å². The summed E-state index contributed by atoms with van der Waals surface area (Å²) in [5.41, 5.74) is 2.70. The summed E-state index contributed by atoms with van der Waals surface area (Å²) < 4.78 is 0. The van der Waals surface area contributed by atoms with Gasteiger partial charge in [0.15, 0.2) is 0 Å². The van der Waals surface area contributed by atoms with Gasteiger partial charge in [-0.2, -0.15) is 0 Å². The van der Waals surface area contributed by atoms with Crippen LogP contribution in [0, 0.1) is 18.8 Å². The third kappa shape index (κ3) is 5.18. The smallest absolute Gasteiger partial charge is 0.253 e. The van der Waals surface area contributed by atoms with Crippen LogP contribution in [-0.4, -0.2) is 46.4 Å². The van der Waals surface area contributed by atoms with Crippen LogP contribution in [0.5, 0.6) is 0 Å². The van der Waals surface area contributed by atoms with Gasteiger partial charge in [0.05, 0.1) is 6.54 Å². The SMILES string of the molecule is Cc1ccc2[nH]c(=O)c(CN(C(=O)C3CCCCC3)C3CCN(CC4CCC4)CC3)cc2c1. The maximum absolute atomic E-state index is 13.7. The minimum atomic E-state index is -0.0600. The molecule has 0 bridgehead atoms. The summed E-state index contributed by atoms with van der Waals surface area (Å²) in [5, 5.41) is 1.05. The molecule has 1 aromatic carbocycles. The normalized spacial score (nSPS) is 21.2. The number of amides is 1. The van der Waals surface area contributed by atoms with Crippen LogP contribution in [0.4, 0.5) is 0 Å². The maximum atomic E-state index is 13.7.